The van der Waals surface area contributed by atoms with Gasteiger partial charge in [-0.25, -0.2) is 15.0 Å². The molecule has 0 amide bonds. The molecular formula is C20H18F5N5O3. The fraction of sp³-hybridized carbons (Fsp3) is 0.350. The second-order valence-electron chi connectivity index (χ2n) is 7.82. The van der Waals surface area contributed by atoms with Crippen molar-refractivity contribution < 1.29 is 36.6 Å². The van der Waals surface area contributed by atoms with Crippen molar-refractivity contribution in [3.05, 3.63) is 42.1 Å². The summed E-state index contributed by atoms with van der Waals surface area (Å²) in [5.41, 5.74) is -0.954. The maximum Gasteiger partial charge on any atom is 0.459 e. The fourth-order valence-corrected chi connectivity index (χ4v) is 2.55. The summed E-state index contributed by atoms with van der Waals surface area (Å²) in [5, 5.41) is 9.14. The Morgan fingerprint density at radius 2 is 1.64 bits per heavy atom. The number of carboxylic acids is 1. The lowest BCUT2D eigenvalue weighted by molar-refractivity contribution is -0.290. The number of ether oxygens (including phenoxy) is 1. The number of hydrogen-bond acceptors (Lipinski definition) is 6. The molecule has 0 aliphatic carbocycles. The van der Waals surface area contributed by atoms with Crippen LogP contribution in [0.1, 0.15) is 25.1 Å². The normalized spacial score (nSPS) is 12.6. The average Bonchev–Trinajstić information content (AvgIpc) is 3.23. The van der Waals surface area contributed by atoms with Crippen LogP contribution in [0.3, 0.4) is 0 Å². The lowest BCUT2D eigenvalue weighted by Crippen LogP contribution is -2.33. The van der Waals surface area contributed by atoms with Crippen molar-refractivity contribution in [2.45, 2.75) is 32.9 Å². The van der Waals surface area contributed by atoms with Crippen LogP contribution in [0, 0.1) is 12.3 Å². The standard InChI is InChI=1S/C20H18F5N5O3/c1-10-4-15(33-9-18(2,3)17(31)32)28-5-11(10)12-6-27-13(7-26-12)16-29-8-14(30-16)19(21,22)20(23,24)25/h4-8H,9H2,1-3H3,(H,29,30)(H,31,32). The lowest BCUT2D eigenvalue weighted by Gasteiger charge is -2.19. The number of nitrogens with zero attached hydrogens (tertiary/aromatic N) is 4. The molecular weight excluding hydrogens is 453 g/mol. The van der Waals surface area contributed by atoms with Gasteiger partial charge in [-0.2, -0.15) is 22.0 Å². The summed E-state index contributed by atoms with van der Waals surface area (Å²) >= 11 is 0. The number of rotatable bonds is 7. The molecule has 0 aliphatic heterocycles. The first-order chi connectivity index (χ1) is 15.2. The van der Waals surface area contributed by atoms with Crippen LogP contribution >= 0.6 is 0 Å². The van der Waals surface area contributed by atoms with Crippen molar-refractivity contribution in [1.82, 2.24) is 24.9 Å². The van der Waals surface area contributed by atoms with Gasteiger partial charge >= 0.3 is 18.1 Å². The average molecular weight is 471 g/mol. The van der Waals surface area contributed by atoms with E-state index in [9.17, 15) is 26.7 Å². The zero-order valence-electron chi connectivity index (χ0n) is 17.5. The summed E-state index contributed by atoms with van der Waals surface area (Å²) < 4.78 is 69.9. The van der Waals surface area contributed by atoms with E-state index in [1.165, 1.54) is 32.4 Å². The van der Waals surface area contributed by atoms with E-state index in [4.69, 9.17) is 9.84 Å². The topological polar surface area (TPSA) is 114 Å². The first-order valence-electron chi connectivity index (χ1n) is 9.38. The van der Waals surface area contributed by atoms with E-state index in [1.807, 2.05) is 4.98 Å². The van der Waals surface area contributed by atoms with E-state index in [0.29, 0.717) is 23.0 Å². The van der Waals surface area contributed by atoms with E-state index in [2.05, 4.69) is 19.9 Å². The molecule has 3 aromatic rings. The molecule has 33 heavy (non-hydrogen) atoms. The van der Waals surface area contributed by atoms with Crippen LogP contribution in [0.25, 0.3) is 22.8 Å². The number of aromatic amines is 1. The van der Waals surface area contributed by atoms with Crippen LogP contribution < -0.4 is 4.74 Å². The van der Waals surface area contributed by atoms with Crippen molar-refractivity contribution in [1.29, 1.82) is 0 Å². The molecule has 0 fully saturated rings. The van der Waals surface area contributed by atoms with Gasteiger partial charge in [0.2, 0.25) is 5.88 Å². The lowest BCUT2D eigenvalue weighted by atomic mass is 9.95. The van der Waals surface area contributed by atoms with Gasteiger partial charge in [-0.3, -0.25) is 9.78 Å². The van der Waals surface area contributed by atoms with Crippen molar-refractivity contribution >= 4 is 5.97 Å². The van der Waals surface area contributed by atoms with Crippen LogP contribution in [0.4, 0.5) is 22.0 Å². The molecule has 0 aliphatic rings. The highest BCUT2D eigenvalue weighted by molar-refractivity contribution is 5.73. The first kappa shape index (κ1) is 24.0. The number of pyridine rings is 1. The van der Waals surface area contributed by atoms with Gasteiger partial charge < -0.3 is 14.8 Å². The van der Waals surface area contributed by atoms with E-state index >= 15 is 0 Å². The molecule has 8 nitrogen and oxygen atoms in total. The molecule has 176 valence electrons. The number of carboxylic acid groups (broad SMARTS) is 1. The van der Waals surface area contributed by atoms with Gasteiger partial charge in [-0.15, -0.1) is 0 Å². The molecule has 0 saturated carbocycles. The zero-order chi connectivity index (χ0) is 24.6. The maximum atomic E-state index is 13.4. The highest BCUT2D eigenvalue weighted by atomic mass is 19.4. The number of hydrogen-bond donors (Lipinski definition) is 2. The number of nitrogens with one attached hydrogen (secondary N) is 1. The van der Waals surface area contributed by atoms with Gasteiger partial charge in [0.1, 0.15) is 18.0 Å². The Morgan fingerprint density at radius 3 is 2.18 bits per heavy atom. The van der Waals surface area contributed by atoms with Crippen LogP contribution in [-0.4, -0.2) is 48.8 Å². The van der Waals surface area contributed by atoms with Gasteiger partial charge in [0.15, 0.2) is 5.82 Å². The number of aliphatic carboxylic acids is 1. The number of alkyl halides is 5. The zero-order valence-corrected chi connectivity index (χ0v) is 17.5. The summed E-state index contributed by atoms with van der Waals surface area (Å²) in [5.74, 6) is -6.19. The predicted molar refractivity (Wildman–Crippen MR) is 104 cm³/mol. The van der Waals surface area contributed by atoms with Gasteiger partial charge in [-0.05, 0) is 26.3 Å². The molecule has 3 rings (SSSR count). The molecule has 13 heteroatoms. The minimum absolute atomic E-state index is 0.0376. The number of halogens is 5. The molecule has 2 N–H and O–H groups in total. The minimum atomic E-state index is -5.77. The van der Waals surface area contributed by atoms with Crippen LogP contribution in [-0.2, 0) is 10.7 Å². The molecule has 0 aromatic carbocycles. The minimum Gasteiger partial charge on any atom is -0.481 e. The number of carbonyl (C=O) groups is 1. The number of imidazole rings is 1. The van der Waals surface area contributed by atoms with Gasteiger partial charge in [0, 0.05) is 17.8 Å². The Bertz CT molecular complexity index is 1160. The summed E-state index contributed by atoms with van der Waals surface area (Å²) in [6, 6.07) is 1.58. The Morgan fingerprint density at radius 1 is 1.00 bits per heavy atom. The third-order valence-corrected chi connectivity index (χ3v) is 4.69. The van der Waals surface area contributed by atoms with Crippen molar-refractivity contribution in [2.24, 2.45) is 5.41 Å². The predicted octanol–water partition coefficient (Wildman–Crippen LogP) is 4.38. The Balaban J connectivity index is 1.78. The number of aryl methyl sites for hydroxylation is 1. The van der Waals surface area contributed by atoms with E-state index in [1.54, 1.807) is 13.0 Å². The smallest absolute Gasteiger partial charge is 0.459 e. The first-order valence-corrected chi connectivity index (χ1v) is 9.38. The third kappa shape index (κ3) is 4.91. The second kappa shape index (κ2) is 8.37. The Hall–Kier alpha value is -3.64. The van der Waals surface area contributed by atoms with E-state index < -0.39 is 29.2 Å². The van der Waals surface area contributed by atoms with Gasteiger partial charge in [0.05, 0.1) is 29.7 Å². The molecule has 0 unspecified atom stereocenters. The highest BCUT2D eigenvalue weighted by Crippen LogP contribution is 2.43. The summed E-state index contributed by atoms with van der Waals surface area (Å²) in [6.07, 6.45) is -1.47. The molecule has 0 radical (unpaired) electrons. The summed E-state index contributed by atoms with van der Waals surface area (Å²) in [4.78, 5) is 28.9. The quantitative estimate of drug-likeness (QED) is 0.492. The number of aromatic nitrogens is 5. The summed E-state index contributed by atoms with van der Waals surface area (Å²) in [6.45, 7) is 4.67. The number of H-pyrrole nitrogens is 1. The van der Waals surface area contributed by atoms with Crippen molar-refractivity contribution in [3.63, 3.8) is 0 Å². The molecule has 3 aromatic heterocycles. The largest absolute Gasteiger partial charge is 0.481 e. The van der Waals surface area contributed by atoms with Gasteiger partial charge in [-0.1, -0.05) is 0 Å². The van der Waals surface area contributed by atoms with Crippen LogP contribution in [0.2, 0.25) is 0 Å². The molecule has 0 atom stereocenters. The van der Waals surface area contributed by atoms with Crippen LogP contribution in [0.5, 0.6) is 5.88 Å². The molecule has 0 bridgehead atoms. The Labute approximate surface area is 183 Å². The molecule has 0 saturated heterocycles. The maximum absolute atomic E-state index is 13.4. The van der Waals surface area contributed by atoms with Crippen molar-refractivity contribution in [3.8, 4) is 28.7 Å². The van der Waals surface area contributed by atoms with E-state index in [0.717, 1.165) is 0 Å². The molecule has 3 heterocycles. The SMILES string of the molecule is Cc1cc(OCC(C)(C)C(=O)O)ncc1-c1cnc(-c2ncc(C(F)(F)C(F)(F)F)[nH]2)cn1. The highest BCUT2D eigenvalue weighted by Gasteiger charge is 2.60. The second-order valence-corrected chi connectivity index (χ2v) is 7.82. The van der Waals surface area contributed by atoms with Gasteiger partial charge in [0.25, 0.3) is 0 Å². The fourth-order valence-electron chi connectivity index (χ4n) is 2.55. The monoisotopic (exact) mass is 471 g/mol. The van der Waals surface area contributed by atoms with Crippen LogP contribution in [0.15, 0.2) is 30.9 Å². The third-order valence-electron chi connectivity index (χ3n) is 4.69. The Kier molecular flexibility index (Phi) is 6.09. The summed E-state index contributed by atoms with van der Waals surface area (Å²) in [7, 11) is 0. The van der Waals surface area contributed by atoms with Crippen molar-refractivity contribution in [2.75, 3.05) is 6.61 Å². The molecule has 0 spiro atoms. The van der Waals surface area contributed by atoms with E-state index in [-0.39, 0.29) is 24.0 Å².